The van der Waals surface area contributed by atoms with Crippen LogP contribution in [0.1, 0.15) is 39.2 Å². The molecule has 0 amide bonds. The molecule has 21 heavy (non-hydrogen) atoms. The highest BCUT2D eigenvalue weighted by atomic mass is 16.5. The molecule has 2 bridgehead atoms. The van der Waals surface area contributed by atoms with Gasteiger partial charge in [0, 0.05) is 5.41 Å². The Labute approximate surface area is 128 Å². The molecule has 1 fully saturated rings. The van der Waals surface area contributed by atoms with E-state index in [4.69, 9.17) is 9.47 Å². The average molecular weight is 286 g/mol. The molecule has 0 radical (unpaired) electrons. The Hall–Kier alpha value is -1.28. The van der Waals surface area contributed by atoms with Crippen LogP contribution in [0.4, 0.5) is 0 Å². The van der Waals surface area contributed by atoms with Gasteiger partial charge in [0.2, 0.25) is 0 Å². The molecule has 1 aromatic rings. The Morgan fingerprint density at radius 1 is 1.10 bits per heavy atom. The summed E-state index contributed by atoms with van der Waals surface area (Å²) in [5, 5.41) is 0. The fraction of sp³-hybridized carbons (Fsp3) is 0.579. The van der Waals surface area contributed by atoms with Crippen LogP contribution in [0.3, 0.4) is 0 Å². The van der Waals surface area contributed by atoms with E-state index in [9.17, 15) is 0 Å². The zero-order valence-electron chi connectivity index (χ0n) is 13.5. The van der Waals surface area contributed by atoms with Gasteiger partial charge in [0.1, 0.15) is 5.75 Å². The number of ether oxygens (including phenoxy) is 2. The number of methoxy groups -OCH3 is 1. The summed E-state index contributed by atoms with van der Waals surface area (Å²) >= 11 is 0. The standard InChI is InChI=1S/C19H26O2/c1-13(2)21-14(3)19(12-15-5-6-17(19)11-15)16-7-9-18(20-4)10-8-16/h5-10,13-15,17H,11-12H2,1-4H3. The van der Waals surface area contributed by atoms with Gasteiger partial charge in [0.25, 0.3) is 0 Å². The lowest BCUT2D eigenvalue weighted by Crippen LogP contribution is -2.44. The first-order valence-electron chi connectivity index (χ1n) is 8.04. The molecule has 4 unspecified atom stereocenters. The molecule has 4 atom stereocenters. The summed E-state index contributed by atoms with van der Waals surface area (Å²) in [6.45, 7) is 6.50. The van der Waals surface area contributed by atoms with E-state index in [0.29, 0.717) is 5.92 Å². The highest BCUT2D eigenvalue weighted by Gasteiger charge is 2.53. The Balaban J connectivity index is 1.98. The summed E-state index contributed by atoms with van der Waals surface area (Å²) in [7, 11) is 1.72. The third-order valence-corrected chi connectivity index (χ3v) is 5.26. The lowest BCUT2D eigenvalue weighted by Gasteiger charge is -2.42. The monoisotopic (exact) mass is 286 g/mol. The second-order valence-corrected chi connectivity index (χ2v) is 6.79. The molecule has 0 heterocycles. The van der Waals surface area contributed by atoms with Crippen molar-refractivity contribution in [3.63, 3.8) is 0 Å². The van der Waals surface area contributed by atoms with Gasteiger partial charge in [-0.25, -0.2) is 0 Å². The molecule has 2 nitrogen and oxygen atoms in total. The van der Waals surface area contributed by atoms with Crippen LogP contribution >= 0.6 is 0 Å². The lowest BCUT2D eigenvalue weighted by molar-refractivity contribution is -0.0379. The van der Waals surface area contributed by atoms with E-state index < -0.39 is 0 Å². The normalized spacial score (nSPS) is 31.9. The number of allylic oxidation sites excluding steroid dienone is 2. The molecule has 114 valence electrons. The summed E-state index contributed by atoms with van der Waals surface area (Å²) in [4.78, 5) is 0. The highest BCUT2D eigenvalue weighted by Crippen LogP contribution is 2.56. The first-order valence-corrected chi connectivity index (χ1v) is 8.04. The Morgan fingerprint density at radius 3 is 2.29 bits per heavy atom. The smallest absolute Gasteiger partial charge is 0.118 e. The van der Waals surface area contributed by atoms with Gasteiger partial charge in [-0.15, -0.1) is 0 Å². The van der Waals surface area contributed by atoms with Crippen LogP contribution in [0.5, 0.6) is 5.75 Å². The molecular formula is C19H26O2. The highest BCUT2D eigenvalue weighted by molar-refractivity contribution is 5.38. The third-order valence-electron chi connectivity index (χ3n) is 5.26. The molecule has 1 aromatic carbocycles. The predicted octanol–water partition coefficient (Wildman–Crippen LogP) is 4.34. The van der Waals surface area contributed by atoms with E-state index in [1.165, 1.54) is 18.4 Å². The second-order valence-electron chi connectivity index (χ2n) is 6.79. The van der Waals surface area contributed by atoms with Crippen LogP contribution in [-0.2, 0) is 10.2 Å². The first-order chi connectivity index (χ1) is 10.1. The van der Waals surface area contributed by atoms with Gasteiger partial charge < -0.3 is 9.47 Å². The van der Waals surface area contributed by atoms with E-state index in [0.717, 1.165) is 11.7 Å². The molecule has 1 saturated carbocycles. The van der Waals surface area contributed by atoms with Crippen molar-refractivity contribution in [3.05, 3.63) is 42.0 Å². The van der Waals surface area contributed by atoms with Gasteiger partial charge in [0.15, 0.2) is 0 Å². The Kier molecular flexibility index (Phi) is 3.83. The van der Waals surface area contributed by atoms with Crippen LogP contribution in [0.15, 0.2) is 36.4 Å². The number of benzene rings is 1. The lowest BCUT2D eigenvalue weighted by atomic mass is 9.67. The summed E-state index contributed by atoms with van der Waals surface area (Å²) in [5.41, 5.74) is 1.52. The topological polar surface area (TPSA) is 18.5 Å². The summed E-state index contributed by atoms with van der Waals surface area (Å²) < 4.78 is 11.5. The van der Waals surface area contributed by atoms with Crippen molar-refractivity contribution in [2.24, 2.45) is 11.8 Å². The molecule has 0 saturated heterocycles. The molecule has 0 aromatic heterocycles. The molecule has 0 aliphatic heterocycles. The maximum absolute atomic E-state index is 6.24. The number of hydrogen-bond acceptors (Lipinski definition) is 2. The van der Waals surface area contributed by atoms with Crippen molar-refractivity contribution in [2.45, 2.75) is 51.2 Å². The van der Waals surface area contributed by atoms with E-state index >= 15 is 0 Å². The van der Waals surface area contributed by atoms with Gasteiger partial charge in [-0.2, -0.15) is 0 Å². The molecular weight excluding hydrogens is 260 g/mol. The van der Waals surface area contributed by atoms with E-state index in [1.54, 1.807) is 7.11 Å². The third kappa shape index (κ3) is 2.40. The van der Waals surface area contributed by atoms with Crippen LogP contribution in [0.25, 0.3) is 0 Å². The van der Waals surface area contributed by atoms with Crippen LogP contribution in [-0.4, -0.2) is 19.3 Å². The zero-order chi connectivity index (χ0) is 15.0. The van der Waals surface area contributed by atoms with Crippen molar-refractivity contribution in [1.82, 2.24) is 0 Å². The number of hydrogen-bond donors (Lipinski definition) is 0. The van der Waals surface area contributed by atoms with Crippen LogP contribution in [0, 0.1) is 11.8 Å². The average Bonchev–Trinajstić information content (AvgIpc) is 3.08. The quantitative estimate of drug-likeness (QED) is 0.750. The SMILES string of the molecule is COc1ccc(C2(C(C)OC(C)C)CC3C=CC2C3)cc1. The van der Waals surface area contributed by atoms with Gasteiger partial charge in [-0.05, 0) is 63.1 Å². The predicted molar refractivity (Wildman–Crippen MR) is 85.7 cm³/mol. The zero-order valence-corrected chi connectivity index (χ0v) is 13.5. The maximum atomic E-state index is 6.24. The largest absolute Gasteiger partial charge is 0.497 e. The molecule has 2 heteroatoms. The first kappa shape index (κ1) is 14.6. The molecule has 3 rings (SSSR count). The fourth-order valence-corrected chi connectivity index (χ4v) is 4.36. The van der Waals surface area contributed by atoms with Crippen molar-refractivity contribution in [1.29, 1.82) is 0 Å². The van der Waals surface area contributed by atoms with Crippen LogP contribution < -0.4 is 4.74 Å². The van der Waals surface area contributed by atoms with E-state index in [2.05, 4.69) is 57.2 Å². The fourth-order valence-electron chi connectivity index (χ4n) is 4.36. The van der Waals surface area contributed by atoms with Gasteiger partial charge in [0.05, 0.1) is 19.3 Å². The second kappa shape index (κ2) is 5.49. The van der Waals surface area contributed by atoms with Crippen molar-refractivity contribution < 1.29 is 9.47 Å². The molecule has 2 aliphatic rings. The van der Waals surface area contributed by atoms with Crippen molar-refractivity contribution >= 4 is 0 Å². The van der Waals surface area contributed by atoms with Crippen molar-refractivity contribution in [2.75, 3.05) is 7.11 Å². The Bertz CT molecular complexity index is 517. The number of fused-ring (bicyclic) bond motifs is 2. The van der Waals surface area contributed by atoms with E-state index in [1.807, 2.05) is 0 Å². The summed E-state index contributed by atoms with van der Waals surface area (Å²) in [6.07, 6.45) is 7.78. The van der Waals surface area contributed by atoms with Crippen molar-refractivity contribution in [3.8, 4) is 5.75 Å². The molecule has 0 spiro atoms. The minimum Gasteiger partial charge on any atom is -0.497 e. The van der Waals surface area contributed by atoms with Gasteiger partial charge in [-0.1, -0.05) is 24.3 Å². The number of rotatable bonds is 5. The van der Waals surface area contributed by atoms with Gasteiger partial charge >= 0.3 is 0 Å². The molecule has 2 aliphatic carbocycles. The van der Waals surface area contributed by atoms with E-state index in [-0.39, 0.29) is 17.6 Å². The Morgan fingerprint density at radius 2 is 1.81 bits per heavy atom. The minimum absolute atomic E-state index is 0.121. The minimum atomic E-state index is 0.121. The van der Waals surface area contributed by atoms with Crippen LogP contribution in [0.2, 0.25) is 0 Å². The van der Waals surface area contributed by atoms with Gasteiger partial charge in [-0.3, -0.25) is 0 Å². The summed E-state index contributed by atoms with van der Waals surface area (Å²) in [5.74, 6) is 2.24. The summed E-state index contributed by atoms with van der Waals surface area (Å²) in [6, 6.07) is 8.62. The maximum Gasteiger partial charge on any atom is 0.118 e. The molecule has 0 N–H and O–H groups in total.